The second-order valence-corrected chi connectivity index (χ2v) is 9.78. The quantitative estimate of drug-likeness (QED) is 0.617. The van der Waals surface area contributed by atoms with E-state index in [0.29, 0.717) is 62.3 Å². The van der Waals surface area contributed by atoms with E-state index in [0.717, 1.165) is 16.7 Å². The smallest absolute Gasteiger partial charge is 0.338 e. The molecule has 9 heteroatoms. The number of amides is 1. The van der Waals surface area contributed by atoms with Crippen molar-refractivity contribution in [1.82, 2.24) is 9.80 Å². The zero-order valence-electron chi connectivity index (χ0n) is 19.5. The van der Waals surface area contributed by atoms with Crippen LogP contribution in [0, 0.1) is 12.8 Å². The summed E-state index contributed by atoms with van der Waals surface area (Å²) in [7, 11) is 0. The van der Waals surface area contributed by atoms with Gasteiger partial charge in [0.05, 0.1) is 34.5 Å². The third kappa shape index (κ3) is 3.72. The molecule has 0 bridgehead atoms. The highest BCUT2D eigenvalue weighted by Gasteiger charge is 2.49. The summed E-state index contributed by atoms with van der Waals surface area (Å²) < 4.78 is 10.2. The molecule has 2 atom stereocenters. The number of likely N-dealkylation sites (tertiary alicyclic amines) is 2. The Labute approximate surface area is 197 Å². The van der Waals surface area contributed by atoms with Crippen LogP contribution in [0.4, 0.5) is 0 Å². The number of nitrogens with zero attached hydrogens (tertiary/aromatic N) is 2. The van der Waals surface area contributed by atoms with Gasteiger partial charge in [0.15, 0.2) is 0 Å². The molecule has 2 fully saturated rings. The number of aliphatic hydroxyl groups excluding tert-OH is 1. The number of piperidine rings is 1. The van der Waals surface area contributed by atoms with E-state index in [9.17, 15) is 24.6 Å². The van der Waals surface area contributed by atoms with E-state index in [1.807, 2.05) is 6.92 Å². The Kier molecular flexibility index (Phi) is 5.74. The third-order valence-corrected chi connectivity index (χ3v) is 7.98. The molecule has 0 aliphatic carbocycles. The minimum Gasteiger partial charge on any atom is -0.457 e. The minimum absolute atomic E-state index is 0.107. The first kappa shape index (κ1) is 23.0. The Hall–Kier alpha value is -2.75. The standard InChI is InChI=1S/C25H30N2O7/c1-14-16(3-4-17-18(14)12-33-24(17)31)21(28)11-26-9-6-25(32,7-10-26)19-5-8-27(22(19)29)20-13-34-23(30)15(20)2/h3-4,19,21,28,32H,5-13H2,1-2H3/t19?,21-/m0/s1. The Morgan fingerprint density at radius 2 is 1.76 bits per heavy atom. The number of fused-ring (bicyclic) bond motifs is 1. The molecule has 9 nitrogen and oxygen atoms in total. The van der Waals surface area contributed by atoms with Crippen molar-refractivity contribution in [2.45, 2.75) is 51.4 Å². The van der Waals surface area contributed by atoms with Gasteiger partial charge in [0.2, 0.25) is 5.91 Å². The number of ether oxygens (including phenoxy) is 2. The highest BCUT2D eigenvalue weighted by molar-refractivity contribution is 5.94. The number of benzene rings is 1. The van der Waals surface area contributed by atoms with Crippen LogP contribution >= 0.6 is 0 Å². The lowest BCUT2D eigenvalue weighted by Crippen LogP contribution is -2.51. The molecular formula is C25H30N2O7. The van der Waals surface area contributed by atoms with Crippen molar-refractivity contribution >= 4 is 17.8 Å². The molecule has 1 aromatic rings. The lowest BCUT2D eigenvalue weighted by molar-refractivity contribution is -0.142. The monoisotopic (exact) mass is 470 g/mol. The zero-order valence-corrected chi connectivity index (χ0v) is 19.5. The molecule has 5 rings (SSSR count). The fraction of sp³-hybridized carbons (Fsp3) is 0.560. The molecule has 4 aliphatic heterocycles. The maximum Gasteiger partial charge on any atom is 0.338 e. The SMILES string of the molecule is CC1=C(N2CCC(C3(O)CCN(C[C@H](O)c4ccc5c(c4C)COC5=O)CC3)C2=O)COC1=O. The van der Waals surface area contributed by atoms with Crippen molar-refractivity contribution < 1.29 is 34.1 Å². The molecule has 0 spiro atoms. The molecule has 1 unspecified atom stereocenters. The van der Waals surface area contributed by atoms with Crippen LogP contribution in [0.15, 0.2) is 23.4 Å². The van der Waals surface area contributed by atoms with Gasteiger partial charge < -0.3 is 29.5 Å². The molecular weight excluding hydrogens is 440 g/mol. The van der Waals surface area contributed by atoms with Crippen LogP contribution in [-0.4, -0.2) is 76.2 Å². The van der Waals surface area contributed by atoms with Crippen molar-refractivity contribution in [2.75, 3.05) is 32.8 Å². The number of hydrogen-bond donors (Lipinski definition) is 2. The van der Waals surface area contributed by atoms with E-state index in [1.165, 1.54) is 0 Å². The predicted molar refractivity (Wildman–Crippen MR) is 119 cm³/mol. The molecule has 4 aliphatic rings. The Bertz CT molecular complexity index is 1090. The first-order valence-electron chi connectivity index (χ1n) is 11.8. The van der Waals surface area contributed by atoms with Crippen LogP contribution in [0.5, 0.6) is 0 Å². The Morgan fingerprint density at radius 3 is 2.44 bits per heavy atom. The van der Waals surface area contributed by atoms with Gasteiger partial charge in [-0.3, -0.25) is 4.79 Å². The summed E-state index contributed by atoms with van der Waals surface area (Å²) in [6.45, 7) is 5.90. The molecule has 34 heavy (non-hydrogen) atoms. The van der Waals surface area contributed by atoms with Gasteiger partial charge in [-0.1, -0.05) is 6.07 Å². The minimum atomic E-state index is -1.10. The molecule has 1 aromatic carbocycles. The lowest BCUT2D eigenvalue weighted by Gasteiger charge is -2.41. The van der Waals surface area contributed by atoms with Gasteiger partial charge in [0.25, 0.3) is 0 Å². The summed E-state index contributed by atoms with van der Waals surface area (Å²) >= 11 is 0. The van der Waals surface area contributed by atoms with Crippen molar-refractivity contribution in [3.63, 3.8) is 0 Å². The average molecular weight is 471 g/mol. The number of carbonyl (C=O) groups excluding carboxylic acids is 3. The van der Waals surface area contributed by atoms with Gasteiger partial charge in [0, 0.05) is 31.7 Å². The zero-order chi connectivity index (χ0) is 24.2. The first-order chi connectivity index (χ1) is 16.2. The molecule has 182 valence electrons. The van der Waals surface area contributed by atoms with E-state index in [4.69, 9.17) is 9.47 Å². The number of hydrogen-bond acceptors (Lipinski definition) is 8. The van der Waals surface area contributed by atoms with Crippen LogP contribution in [-0.2, 0) is 25.7 Å². The van der Waals surface area contributed by atoms with Crippen molar-refractivity contribution in [3.8, 4) is 0 Å². The summed E-state index contributed by atoms with van der Waals surface area (Å²) in [6, 6.07) is 3.49. The largest absolute Gasteiger partial charge is 0.457 e. The molecule has 4 heterocycles. The Balaban J connectivity index is 1.21. The predicted octanol–water partition coefficient (Wildman–Crippen LogP) is 1.21. The van der Waals surface area contributed by atoms with Crippen LogP contribution < -0.4 is 0 Å². The normalized spacial score (nSPS) is 25.6. The second-order valence-electron chi connectivity index (χ2n) is 9.78. The van der Waals surface area contributed by atoms with E-state index in [-0.39, 0.29) is 25.1 Å². The summed E-state index contributed by atoms with van der Waals surface area (Å²) in [4.78, 5) is 40.3. The average Bonchev–Trinajstić information content (AvgIpc) is 3.48. The fourth-order valence-electron chi connectivity index (χ4n) is 5.74. The van der Waals surface area contributed by atoms with Gasteiger partial charge >= 0.3 is 11.9 Å². The summed E-state index contributed by atoms with van der Waals surface area (Å²) in [6.07, 6.45) is 0.676. The lowest BCUT2D eigenvalue weighted by atomic mass is 9.78. The number of carbonyl (C=O) groups is 3. The van der Waals surface area contributed by atoms with E-state index in [2.05, 4.69) is 4.90 Å². The number of aliphatic hydroxyl groups is 2. The maximum absolute atomic E-state index is 13.1. The van der Waals surface area contributed by atoms with E-state index >= 15 is 0 Å². The van der Waals surface area contributed by atoms with E-state index < -0.39 is 23.6 Å². The van der Waals surface area contributed by atoms with Crippen molar-refractivity contribution in [1.29, 1.82) is 0 Å². The molecule has 2 N–H and O–H groups in total. The van der Waals surface area contributed by atoms with Gasteiger partial charge in [-0.15, -0.1) is 0 Å². The summed E-state index contributed by atoms with van der Waals surface area (Å²) in [5.74, 6) is -1.37. The fourth-order valence-corrected chi connectivity index (χ4v) is 5.74. The van der Waals surface area contributed by atoms with Gasteiger partial charge in [-0.2, -0.15) is 0 Å². The summed E-state index contributed by atoms with van der Waals surface area (Å²) in [5, 5.41) is 22.3. The molecule has 0 aromatic heterocycles. The van der Waals surface area contributed by atoms with Crippen LogP contribution in [0.2, 0.25) is 0 Å². The van der Waals surface area contributed by atoms with Crippen molar-refractivity contribution in [3.05, 3.63) is 45.7 Å². The summed E-state index contributed by atoms with van der Waals surface area (Å²) in [5.41, 5.74) is 3.01. The number of rotatable bonds is 5. The van der Waals surface area contributed by atoms with Gasteiger partial charge in [0.1, 0.15) is 13.2 Å². The maximum atomic E-state index is 13.1. The first-order valence-corrected chi connectivity index (χ1v) is 11.8. The third-order valence-electron chi connectivity index (χ3n) is 7.98. The highest BCUT2D eigenvalue weighted by Crippen LogP contribution is 2.39. The number of cyclic esters (lactones) is 2. The number of β-amino-alcohol motifs (C(OH)–C–C–N with tert-alkyl or cyclic N) is 1. The molecule has 2 saturated heterocycles. The highest BCUT2D eigenvalue weighted by atomic mass is 16.5. The topological polar surface area (TPSA) is 117 Å². The van der Waals surface area contributed by atoms with Crippen LogP contribution in [0.1, 0.15) is 59.3 Å². The molecule has 0 radical (unpaired) electrons. The van der Waals surface area contributed by atoms with E-state index in [1.54, 1.807) is 24.0 Å². The van der Waals surface area contributed by atoms with Crippen LogP contribution in [0.25, 0.3) is 0 Å². The Morgan fingerprint density at radius 1 is 1.06 bits per heavy atom. The van der Waals surface area contributed by atoms with Gasteiger partial charge in [-0.25, -0.2) is 9.59 Å². The van der Waals surface area contributed by atoms with Crippen LogP contribution in [0.3, 0.4) is 0 Å². The van der Waals surface area contributed by atoms with Crippen molar-refractivity contribution in [2.24, 2.45) is 5.92 Å². The second kappa shape index (κ2) is 8.48. The molecule has 0 saturated carbocycles. The number of esters is 2. The van der Waals surface area contributed by atoms with Gasteiger partial charge in [-0.05, 0) is 50.3 Å². The molecule has 1 amide bonds.